The Labute approximate surface area is 122 Å². The summed E-state index contributed by atoms with van der Waals surface area (Å²) in [7, 11) is -7.09. The first-order valence-corrected chi connectivity index (χ1v) is 9.16. The van der Waals surface area contributed by atoms with Gasteiger partial charge in [0.15, 0.2) is 0 Å². The zero-order valence-corrected chi connectivity index (χ0v) is 12.8. The highest BCUT2D eigenvalue weighted by atomic mass is 32.2. The molecule has 10 nitrogen and oxygen atoms in total. The molecule has 3 N–H and O–H groups in total. The molecule has 0 unspecified atom stereocenters. The highest BCUT2D eigenvalue weighted by molar-refractivity contribution is 7.89. The Balaban J connectivity index is 2.50. The van der Waals surface area contributed by atoms with Crippen molar-refractivity contribution in [1.29, 1.82) is 0 Å². The molecule has 21 heavy (non-hydrogen) atoms. The van der Waals surface area contributed by atoms with Crippen molar-refractivity contribution in [2.24, 2.45) is 0 Å². The molecule has 1 rings (SSSR count). The van der Waals surface area contributed by atoms with Gasteiger partial charge in [-0.25, -0.2) is 26.3 Å². The van der Waals surface area contributed by atoms with Crippen molar-refractivity contribution in [1.82, 2.24) is 19.2 Å². The minimum Gasteiger partial charge on any atom is -0.480 e. The number of hydrogen-bond donors (Lipinski definition) is 3. The quantitative estimate of drug-likeness (QED) is 0.449. The van der Waals surface area contributed by atoms with E-state index in [0.29, 0.717) is 0 Å². The van der Waals surface area contributed by atoms with Crippen LogP contribution in [0.4, 0.5) is 0 Å². The lowest BCUT2D eigenvalue weighted by Gasteiger charge is -2.05. The summed E-state index contributed by atoms with van der Waals surface area (Å²) < 4.78 is 50.8. The lowest BCUT2D eigenvalue weighted by molar-refractivity contribution is -0.137. The number of hydrogen-bond acceptors (Lipinski definition) is 6. The third kappa shape index (κ3) is 6.66. The first-order valence-electron chi connectivity index (χ1n) is 5.79. The van der Waals surface area contributed by atoms with Gasteiger partial charge in [-0.1, -0.05) is 0 Å². The van der Waals surface area contributed by atoms with E-state index >= 15 is 0 Å². The summed E-state index contributed by atoms with van der Waals surface area (Å²) in [6.45, 7) is -0.289. The normalized spacial score (nSPS) is 12.4. The van der Waals surface area contributed by atoms with E-state index in [4.69, 9.17) is 5.11 Å². The van der Waals surface area contributed by atoms with Crippen LogP contribution >= 0.6 is 0 Å². The van der Waals surface area contributed by atoms with Gasteiger partial charge in [-0.3, -0.25) is 9.48 Å². The average molecular weight is 340 g/mol. The predicted molar refractivity (Wildman–Crippen MR) is 72.5 cm³/mol. The summed E-state index contributed by atoms with van der Waals surface area (Å²) in [6.07, 6.45) is 3.43. The van der Waals surface area contributed by atoms with E-state index in [1.54, 1.807) is 0 Å². The smallest absolute Gasteiger partial charge is 0.325 e. The molecule has 0 saturated carbocycles. The maximum atomic E-state index is 11.8. The Bertz CT molecular complexity index is 694. The fourth-order valence-corrected chi connectivity index (χ4v) is 2.89. The molecule has 0 spiro atoms. The number of carboxylic acid groups (broad SMARTS) is 1. The van der Waals surface area contributed by atoms with Gasteiger partial charge in [0.1, 0.15) is 11.4 Å². The number of carboxylic acids is 1. The molecule has 0 aliphatic heterocycles. The van der Waals surface area contributed by atoms with Gasteiger partial charge in [0.2, 0.25) is 20.0 Å². The van der Waals surface area contributed by atoms with Gasteiger partial charge in [0.05, 0.1) is 12.5 Å². The van der Waals surface area contributed by atoms with Crippen LogP contribution < -0.4 is 9.44 Å². The highest BCUT2D eigenvalue weighted by Gasteiger charge is 2.16. The number of carbonyl (C=O) groups is 1. The molecule has 1 aromatic rings. The Morgan fingerprint density at radius 2 is 1.90 bits per heavy atom. The molecule has 0 bridgehead atoms. The molecular weight excluding hydrogens is 324 g/mol. The van der Waals surface area contributed by atoms with Crippen molar-refractivity contribution >= 4 is 26.0 Å². The molecule has 120 valence electrons. The van der Waals surface area contributed by atoms with E-state index < -0.39 is 32.6 Å². The van der Waals surface area contributed by atoms with Gasteiger partial charge < -0.3 is 5.11 Å². The van der Waals surface area contributed by atoms with Gasteiger partial charge in [0, 0.05) is 19.3 Å². The monoisotopic (exact) mass is 340 g/mol. The molecule has 12 heteroatoms. The van der Waals surface area contributed by atoms with Crippen molar-refractivity contribution in [2.75, 3.05) is 19.3 Å². The zero-order chi connectivity index (χ0) is 16.1. The Hall–Kier alpha value is -1.50. The summed E-state index contributed by atoms with van der Waals surface area (Å²) >= 11 is 0. The van der Waals surface area contributed by atoms with Crippen LogP contribution in [0, 0.1) is 0 Å². The van der Waals surface area contributed by atoms with Crippen molar-refractivity contribution in [3.05, 3.63) is 12.4 Å². The number of aliphatic carboxylic acids is 1. The molecule has 0 aliphatic carbocycles. The fraction of sp³-hybridized carbons (Fsp3) is 0.556. The van der Waals surface area contributed by atoms with Crippen molar-refractivity contribution in [3.8, 4) is 0 Å². The summed E-state index contributed by atoms with van der Waals surface area (Å²) in [6, 6.07) is 0. The molecular formula is C9H16N4O6S2. The standard InChI is InChI=1S/C9H16N4O6S2/c1-20(16,17)11-3-2-4-12-21(18,19)8-5-10-13(6-8)7-9(14)15/h5-6,11-12H,2-4,7H2,1H3,(H,14,15). The number of aromatic nitrogens is 2. The summed E-state index contributed by atoms with van der Waals surface area (Å²) in [5.74, 6) is -1.14. The van der Waals surface area contributed by atoms with Crippen molar-refractivity contribution < 1.29 is 26.7 Å². The van der Waals surface area contributed by atoms with Gasteiger partial charge in [-0.05, 0) is 6.42 Å². The lowest BCUT2D eigenvalue weighted by Crippen LogP contribution is -2.29. The van der Waals surface area contributed by atoms with Crippen LogP contribution in [0.1, 0.15) is 6.42 Å². The number of nitrogens with zero attached hydrogens (tertiary/aromatic N) is 2. The maximum Gasteiger partial charge on any atom is 0.325 e. The third-order valence-electron chi connectivity index (χ3n) is 2.23. The van der Waals surface area contributed by atoms with Gasteiger partial charge in [-0.15, -0.1) is 0 Å². The van der Waals surface area contributed by atoms with Crippen LogP contribution in [-0.4, -0.2) is 57.0 Å². The predicted octanol–water partition coefficient (Wildman–Crippen LogP) is -1.81. The molecule has 0 amide bonds. The van der Waals surface area contributed by atoms with E-state index in [9.17, 15) is 21.6 Å². The second-order valence-corrected chi connectivity index (χ2v) is 7.79. The van der Waals surface area contributed by atoms with Crippen LogP contribution in [0.5, 0.6) is 0 Å². The van der Waals surface area contributed by atoms with Crippen LogP contribution in [0.15, 0.2) is 17.3 Å². The van der Waals surface area contributed by atoms with Crippen LogP contribution in [-0.2, 0) is 31.4 Å². The molecule has 1 aromatic heterocycles. The SMILES string of the molecule is CS(=O)(=O)NCCCNS(=O)(=O)c1cnn(CC(=O)O)c1. The van der Waals surface area contributed by atoms with Crippen molar-refractivity contribution in [3.63, 3.8) is 0 Å². The maximum absolute atomic E-state index is 11.8. The second-order valence-electron chi connectivity index (χ2n) is 4.19. The largest absolute Gasteiger partial charge is 0.480 e. The molecule has 0 aromatic carbocycles. The Kier molecular flexibility index (Phi) is 5.83. The topological polar surface area (TPSA) is 147 Å². The fourth-order valence-electron chi connectivity index (χ4n) is 1.34. The van der Waals surface area contributed by atoms with Crippen molar-refractivity contribution in [2.45, 2.75) is 17.9 Å². The Morgan fingerprint density at radius 3 is 2.48 bits per heavy atom. The molecule has 0 atom stereocenters. The molecule has 0 radical (unpaired) electrons. The number of sulfonamides is 2. The first-order chi connectivity index (χ1) is 9.60. The molecule has 0 aliphatic rings. The zero-order valence-electron chi connectivity index (χ0n) is 11.2. The number of rotatable bonds is 9. The summed E-state index contributed by atoms with van der Waals surface area (Å²) in [5.41, 5.74) is 0. The lowest BCUT2D eigenvalue weighted by atomic mass is 10.4. The highest BCUT2D eigenvalue weighted by Crippen LogP contribution is 2.06. The first kappa shape index (κ1) is 17.6. The average Bonchev–Trinajstić information content (AvgIpc) is 2.75. The molecule has 0 fully saturated rings. The van der Waals surface area contributed by atoms with E-state index in [1.807, 2.05) is 0 Å². The van der Waals surface area contributed by atoms with Crippen LogP contribution in [0.2, 0.25) is 0 Å². The Morgan fingerprint density at radius 1 is 1.29 bits per heavy atom. The van der Waals surface area contributed by atoms with Crippen LogP contribution in [0.3, 0.4) is 0 Å². The van der Waals surface area contributed by atoms with Gasteiger partial charge >= 0.3 is 5.97 Å². The van der Waals surface area contributed by atoms with Gasteiger partial charge in [0.25, 0.3) is 0 Å². The minimum atomic E-state index is -3.79. The second kappa shape index (κ2) is 6.98. The van der Waals surface area contributed by atoms with E-state index in [-0.39, 0.29) is 24.4 Å². The molecule has 0 saturated heterocycles. The van der Waals surface area contributed by atoms with Crippen LogP contribution in [0.25, 0.3) is 0 Å². The minimum absolute atomic E-state index is 0.0367. The van der Waals surface area contributed by atoms with E-state index in [0.717, 1.165) is 23.3 Å². The number of nitrogens with one attached hydrogen (secondary N) is 2. The van der Waals surface area contributed by atoms with Gasteiger partial charge in [-0.2, -0.15) is 5.10 Å². The summed E-state index contributed by atoms with van der Waals surface area (Å²) in [4.78, 5) is 10.3. The van der Waals surface area contributed by atoms with E-state index in [2.05, 4.69) is 14.5 Å². The summed E-state index contributed by atoms with van der Waals surface area (Å²) in [5, 5.41) is 12.2. The molecule has 1 heterocycles. The van der Waals surface area contributed by atoms with E-state index in [1.165, 1.54) is 0 Å². The third-order valence-corrected chi connectivity index (χ3v) is 4.37.